The number of halogens is 1. The monoisotopic (exact) mass is 232 g/mol. The van der Waals surface area contributed by atoms with E-state index in [0.29, 0.717) is 11.1 Å². The summed E-state index contributed by atoms with van der Waals surface area (Å²) < 4.78 is 0. The van der Waals surface area contributed by atoms with Gasteiger partial charge in [-0.15, -0.1) is 12.4 Å². The Hall–Kier alpha value is -1.33. The smallest absolute Gasteiger partial charge is 0.313 e. The number of benzene rings is 1. The first-order chi connectivity index (χ1) is 6.45. The lowest BCUT2D eigenvalue weighted by Crippen LogP contribution is -2.06. The maximum Gasteiger partial charge on any atom is 0.313 e. The van der Waals surface area contributed by atoms with Gasteiger partial charge in [-0.1, -0.05) is 12.1 Å². The van der Waals surface area contributed by atoms with Crippen molar-refractivity contribution in [1.29, 1.82) is 0 Å². The van der Waals surface area contributed by atoms with Gasteiger partial charge in [-0.3, -0.25) is 10.1 Å². The maximum atomic E-state index is 10.6. The molecule has 0 unspecified atom stereocenters. The SMILES string of the molecule is Cc1ccc([C@H](C)N)c(O)c1[N+](=O)[O-].Cl. The number of nitrogens with zero attached hydrogens (tertiary/aromatic N) is 1. The highest BCUT2D eigenvalue weighted by Gasteiger charge is 2.21. The first-order valence-corrected chi connectivity index (χ1v) is 4.17. The fraction of sp³-hybridized carbons (Fsp3) is 0.333. The van der Waals surface area contributed by atoms with Crippen LogP contribution in [0.1, 0.15) is 24.1 Å². The van der Waals surface area contributed by atoms with Crippen molar-refractivity contribution < 1.29 is 10.0 Å². The summed E-state index contributed by atoms with van der Waals surface area (Å²) in [6.07, 6.45) is 0. The van der Waals surface area contributed by atoms with E-state index in [2.05, 4.69) is 0 Å². The summed E-state index contributed by atoms with van der Waals surface area (Å²) in [6.45, 7) is 3.23. The van der Waals surface area contributed by atoms with Crippen molar-refractivity contribution in [3.8, 4) is 5.75 Å². The van der Waals surface area contributed by atoms with Crippen molar-refractivity contribution >= 4 is 18.1 Å². The minimum absolute atomic E-state index is 0. The van der Waals surface area contributed by atoms with E-state index in [-0.39, 0.29) is 23.8 Å². The normalized spacial score (nSPS) is 11.7. The summed E-state index contributed by atoms with van der Waals surface area (Å²) in [6, 6.07) is 2.76. The fourth-order valence-corrected chi connectivity index (χ4v) is 1.29. The number of hydrogen-bond donors (Lipinski definition) is 2. The van der Waals surface area contributed by atoms with E-state index < -0.39 is 11.0 Å². The van der Waals surface area contributed by atoms with Crippen LogP contribution in [0.2, 0.25) is 0 Å². The summed E-state index contributed by atoms with van der Waals surface area (Å²) in [7, 11) is 0. The van der Waals surface area contributed by atoms with Gasteiger partial charge in [0.25, 0.3) is 0 Å². The van der Waals surface area contributed by atoms with Crippen LogP contribution in [0.25, 0.3) is 0 Å². The molecule has 84 valence electrons. The molecule has 0 aromatic heterocycles. The lowest BCUT2D eigenvalue weighted by molar-refractivity contribution is -0.386. The van der Waals surface area contributed by atoms with Crippen molar-refractivity contribution in [2.75, 3.05) is 0 Å². The maximum absolute atomic E-state index is 10.6. The van der Waals surface area contributed by atoms with Crippen molar-refractivity contribution in [2.45, 2.75) is 19.9 Å². The van der Waals surface area contributed by atoms with Gasteiger partial charge in [0.1, 0.15) is 0 Å². The number of hydrogen-bond acceptors (Lipinski definition) is 4. The van der Waals surface area contributed by atoms with Crippen LogP contribution in [0, 0.1) is 17.0 Å². The van der Waals surface area contributed by atoms with E-state index in [1.807, 2.05) is 0 Å². The molecule has 5 nitrogen and oxygen atoms in total. The molecule has 1 aromatic rings. The van der Waals surface area contributed by atoms with E-state index in [1.165, 1.54) is 0 Å². The first-order valence-electron chi connectivity index (χ1n) is 4.17. The van der Waals surface area contributed by atoms with E-state index in [9.17, 15) is 15.2 Å². The van der Waals surface area contributed by atoms with Gasteiger partial charge < -0.3 is 10.8 Å². The summed E-state index contributed by atoms with van der Waals surface area (Å²) in [4.78, 5) is 10.0. The van der Waals surface area contributed by atoms with Crippen LogP contribution in [0.4, 0.5) is 5.69 Å². The number of phenolic OH excluding ortho intramolecular Hbond substituents is 1. The molecule has 0 aliphatic carbocycles. The van der Waals surface area contributed by atoms with Crippen molar-refractivity contribution in [3.63, 3.8) is 0 Å². The zero-order valence-corrected chi connectivity index (χ0v) is 9.25. The number of nitro groups is 1. The number of aromatic hydroxyl groups is 1. The molecule has 0 saturated carbocycles. The van der Waals surface area contributed by atoms with Crippen LogP contribution in [0.5, 0.6) is 5.75 Å². The molecule has 3 N–H and O–H groups in total. The van der Waals surface area contributed by atoms with Gasteiger partial charge in [0.05, 0.1) is 4.92 Å². The average Bonchev–Trinajstić information content (AvgIpc) is 2.02. The molecule has 15 heavy (non-hydrogen) atoms. The Morgan fingerprint density at radius 3 is 2.47 bits per heavy atom. The molecule has 1 rings (SSSR count). The lowest BCUT2D eigenvalue weighted by Gasteiger charge is -2.09. The van der Waals surface area contributed by atoms with Crippen LogP contribution in [0.15, 0.2) is 12.1 Å². The number of aryl methyl sites for hydroxylation is 1. The highest BCUT2D eigenvalue weighted by atomic mass is 35.5. The van der Waals surface area contributed by atoms with Gasteiger partial charge in [-0.2, -0.15) is 0 Å². The zero-order chi connectivity index (χ0) is 10.9. The van der Waals surface area contributed by atoms with Gasteiger partial charge in [-0.25, -0.2) is 0 Å². The molecule has 0 saturated heterocycles. The van der Waals surface area contributed by atoms with Crippen molar-refractivity contribution in [3.05, 3.63) is 33.4 Å². The number of phenols is 1. The molecule has 0 aliphatic rings. The summed E-state index contributed by atoms with van der Waals surface area (Å²) in [5, 5.41) is 20.2. The summed E-state index contributed by atoms with van der Waals surface area (Å²) in [5.41, 5.74) is 6.11. The standard InChI is InChI=1S/C9H12N2O3.ClH/c1-5-3-4-7(6(2)10)9(12)8(5)11(13)14;/h3-4,6,12H,10H2,1-2H3;1H/t6-;/m0./s1. The number of rotatable bonds is 2. The van der Waals surface area contributed by atoms with E-state index in [4.69, 9.17) is 5.73 Å². The summed E-state index contributed by atoms with van der Waals surface area (Å²) in [5.74, 6) is -0.329. The molecule has 6 heteroatoms. The average molecular weight is 233 g/mol. The van der Waals surface area contributed by atoms with Crippen LogP contribution in [-0.4, -0.2) is 10.0 Å². The van der Waals surface area contributed by atoms with Crippen LogP contribution < -0.4 is 5.73 Å². The third kappa shape index (κ3) is 2.57. The first kappa shape index (κ1) is 13.7. The second kappa shape index (κ2) is 4.95. The molecule has 0 heterocycles. The minimum atomic E-state index is -0.601. The minimum Gasteiger partial charge on any atom is -0.502 e. The van der Waals surface area contributed by atoms with Gasteiger partial charge >= 0.3 is 5.69 Å². The van der Waals surface area contributed by atoms with Gasteiger partial charge in [0.15, 0.2) is 5.75 Å². The van der Waals surface area contributed by atoms with Crippen LogP contribution >= 0.6 is 12.4 Å². The molecule has 0 bridgehead atoms. The summed E-state index contributed by atoms with van der Waals surface area (Å²) >= 11 is 0. The molecular weight excluding hydrogens is 220 g/mol. The fourth-order valence-electron chi connectivity index (χ4n) is 1.29. The molecule has 0 fully saturated rings. The Morgan fingerprint density at radius 2 is 2.07 bits per heavy atom. The molecule has 1 atom stereocenters. The quantitative estimate of drug-likeness (QED) is 0.603. The Balaban J connectivity index is 0.00000196. The highest BCUT2D eigenvalue weighted by molar-refractivity contribution is 5.85. The topological polar surface area (TPSA) is 89.4 Å². The van der Waals surface area contributed by atoms with Gasteiger partial charge in [0, 0.05) is 17.2 Å². The molecule has 0 aliphatic heterocycles. The molecular formula is C9H13ClN2O3. The predicted octanol–water partition coefficient (Wildman–Crippen LogP) is 2.05. The molecule has 0 radical (unpaired) electrons. The van der Waals surface area contributed by atoms with Gasteiger partial charge in [-0.05, 0) is 13.8 Å². The van der Waals surface area contributed by atoms with Gasteiger partial charge in [0.2, 0.25) is 0 Å². The zero-order valence-electron chi connectivity index (χ0n) is 8.43. The van der Waals surface area contributed by atoms with E-state index in [1.54, 1.807) is 26.0 Å². The number of nitro benzene ring substituents is 1. The van der Waals surface area contributed by atoms with E-state index >= 15 is 0 Å². The third-order valence-corrected chi connectivity index (χ3v) is 2.06. The largest absolute Gasteiger partial charge is 0.502 e. The molecule has 0 spiro atoms. The third-order valence-electron chi connectivity index (χ3n) is 2.06. The van der Waals surface area contributed by atoms with Crippen LogP contribution in [-0.2, 0) is 0 Å². The number of nitrogens with two attached hydrogens (primary N) is 1. The van der Waals surface area contributed by atoms with E-state index in [0.717, 1.165) is 0 Å². The van der Waals surface area contributed by atoms with Crippen molar-refractivity contribution in [2.24, 2.45) is 5.73 Å². The second-order valence-corrected chi connectivity index (χ2v) is 3.21. The van der Waals surface area contributed by atoms with Crippen molar-refractivity contribution in [1.82, 2.24) is 0 Å². The Kier molecular flexibility index (Phi) is 4.51. The van der Waals surface area contributed by atoms with Crippen LogP contribution in [0.3, 0.4) is 0 Å². The lowest BCUT2D eigenvalue weighted by atomic mass is 10.0. The highest BCUT2D eigenvalue weighted by Crippen LogP contribution is 2.35. The predicted molar refractivity (Wildman–Crippen MR) is 59.3 cm³/mol. The Labute approximate surface area is 93.5 Å². The second-order valence-electron chi connectivity index (χ2n) is 3.21. The Morgan fingerprint density at radius 1 is 1.53 bits per heavy atom. The molecule has 0 amide bonds. The Bertz CT molecular complexity index is 380. The molecule has 1 aromatic carbocycles.